The van der Waals surface area contributed by atoms with Crippen molar-refractivity contribution in [3.63, 3.8) is 0 Å². The molecule has 1 heteroatoms. The fourth-order valence-corrected chi connectivity index (χ4v) is 2.24. The molecule has 0 saturated heterocycles. The standard InChI is InChI=1S/C17H23N/c1-16(2,3)12-10-14(17(4,5)6)13-8-7-9-18-15(13)11-12/h7-11H,1-6H3. The van der Waals surface area contributed by atoms with Gasteiger partial charge in [0.1, 0.15) is 0 Å². The minimum Gasteiger partial charge on any atom is -0.256 e. The van der Waals surface area contributed by atoms with Gasteiger partial charge in [0, 0.05) is 11.6 Å². The first-order valence-electron chi connectivity index (χ1n) is 6.59. The number of pyridine rings is 1. The fraction of sp³-hybridized carbons (Fsp3) is 0.471. The summed E-state index contributed by atoms with van der Waals surface area (Å²) in [5.41, 5.74) is 4.15. The van der Waals surface area contributed by atoms with Crippen molar-refractivity contribution in [1.82, 2.24) is 4.98 Å². The molecule has 96 valence electrons. The lowest BCUT2D eigenvalue weighted by molar-refractivity contribution is 0.572. The van der Waals surface area contributed by atoms with Crippen LogP contribution < -0.4 is 0 Å². The monoisotopic (exact) mass is 241 g/mol. The van der Waals surface area contributed by atoms with E-state index in [-0.39, 0.29) is 10.8 Å². The van der Waals surface area contributed by atoms with E-state index in [1.165, 1.54) is 16.5 Å². The number of hydrogen-bond acceptors (Lipinski definition) is 1. The maximum absolute atomic E-state index is 4.53. The minimum atomic E-state index is 0.141. The van der Waals surface area contributed by atoms with Gasteiger partial charge in [-0.2, -0.15) is 0 Å². The molecule has 1 heterocycles. The molecule has 0 atom stereocenters. The molecule has 0 amide bonds. The highest BCUT2D eigenvalue weighted by Gasteiger charge is 2.22. The van der Waals surface area contributed by atoms with Gasteiger partial charge >= 0.3 is 0 Å². The second kappa shape index (κ2) is 4.08. The van der Waals surface area contributed by atoms with Gasteiger partial charge in [-0.3, -0.25) is 4.98 Å². The van der Waals surface area contributed by atoms with Crippen molar-refractivity contribution in [1.29, 1.82) is 0 Å². The predicted molar refractivity (Wildman–Crippen MR) is 79.1 cm³/mol. The van der Waals surface area contributed by atoms with Crippen LogP contribution in [-0.2, 0) is 10.8 Å². The number of aromatic nitrogens is 1. The molecule has 0 radical (unpaired) electrons. The Bertz CT molecular complexity index is 568. The van der Waals surface area contributed by atoms with Crippen LogP contribution in [0.3, 0.4) is 0 Å². The largest absolute Gasteiger partial charge is 0.256 e. The van der Waals surface area contributed by atoms with Crippen LogP contribution in [0.5, 0.6) is 0 Å². The summed E-state index contributed by atoms with van der Waals surface area (Å²) in [5, 5.41) is 1.28. The Morgan fingerprint density at radius 1 is 0.889 bits per heavy atom. The van der Waals surface area contributed by atoms with Crippen LogP contribution >= 0.6 is 0 Å². The number of hydrogen-bond donors (Lipinski definition) is 0. The van der Waals surface area contributed by atoms with E-state index in [4.69, 9.17) is 0 Å². The lowest BCUT2D eigenvalue weighted by Gasteiger charge is -2.26. The van der Waals surface area contributed by atoms with Gasteiger partial charge in [-0.15, -0.1) is 0 Å². The van der Waals surface area contributed by atoms with Crippen LogP contribution in [0.4, 0.5) is 0 Å². The van der Waals surface area contributed by atoms with Crippen molar-refractivity contribution in [2.75, 3.05) is 0 Å². The van der Waals surface area contributed by atoms with Gasteiger partial charge in [0.25, 0.3) is 0 Å². The average molecular weight is 241 g/mol. The van der Waals surface area contributed by atoms with E-state index in [0.717, 1.165) is 5.52 Å². The first-order valence-corrected chi connectivity index (χ1v) is 6.59. The lowest BCUT2D eigenvalue weighted by Crippen LogP contribution is -2.17. The highest BCUT2D eigenvalue weighted by atomic mass is 14.6. The number of benzene rings is 1. The quantitative estimate of drug-likeness (QED) is 0.643. The molecule has 0 N–H and O–H groups in total. The Kier molecular flexibility index (Phi) is 2.96. The van der Waals surface area contributed by atoms with Crippen molar-refractivity contribution in [2.45, 2.75) is 52.4 Å². The van der Waals surface area contributed by atoms with Crippen molar-refractivity contribution in [3.05, 3.63) is 41.6 Å². The molecule has 0 spiro atoms. The van der Waals surface area contributed by atoms with Crippen LogP contribution in [0.15, 0.2) is 30.5 Å². The summed E-state index contributed by atoms with van der Waals surface area (Å²) in [7, 11) is 0. The molecule has 0 unspecified atom stereocenters. The smallest absolute Gasteiger partial charge is 0.0707 e. The van der Waals surface area contributed by atoms with Crippen molar-refractivity contribution in [2.24, 2.45) is 0 Å². The van der Waals surface area contributed by atoms with E-state index in [9.17, 15) is 0 Å². The lowest BCUT2D eigenvalue weighted by atomic mass is 9.79. The van der Waals surface area contributed by atoms with Gasteiger partial charge in [-0.05, 0) is 34.1 Å². The van der Waals surface area contributed by atoms with Crippen LogP contribution in [-0.4, -0.2) is 4.98 Å². The molecule has 0 fully saturated rings. The summed E-state index contributed by atoms with van der Waals surface area (Å²) in [6, 6.07) is 8.78. The molecular formula is C17H23N. The number of nitrogens with zero attached hydrogens (tertiary/aromatic N) is 1. The molecule has 0 bridgehead atoms. The molecule has 0 aliphatic carbocycles. The molecular weight excluding hydrogens is 218 g/mol. The molecule has 0 saturated carbocycles. The maximum Gasteiger partial charge on any atom is 0.0707 e. The van der Waals surface area contributed by atoms with E-state index in [1.807, 2.05) is 12.3 Å². The predicted octanol–water partition coefficient (Wildman–Crippen LogP) is 4.83. The normalized spacial score (nSPS) is 13.0. The van der Waals surface area contributed by atoms with Gasteiger partial charge < -0.3 is 0 Å². The van der Waals surface area contributed by atoms with Crippen LogP contribution in [0.25, 0.3) is 10.9 Å². The zero-order chi connectivity index (χ0) is 13.6. The van der Waals surface area contributed by atoms with Crippen molar-refractivity contribution in [3.8, 4) is 0 Å². The summed E-state index contributed by atoms with van der Waals surface area (Å²) in [4.78, 5) is 4.53. The molecule has 1 nitrogen and oxygen atoms in total. The SMILES string of the molecule is CC(C)(C)c1cc(C(C)(C)C)c2cccnc2c1. The van der Waals surface area contributed by atoms with E-state index in [2.05, 4.69) is 64.7 Å². The minimum absolute atomic E-state index is 0.141. The second-order valence-corrected chi connectivity index (χ2v) is 7.09. The van der Waals surface area contributed by atoms with Gasteiger partial charge in [-0.1, -0.05) is 53.7 Å². The van der Waals surface area contributed by atoms with Gasteiger partial charge in [-0.25, -0.2) is 0 Å². The van der Waals surface area contributed by atoms with E-state index >= 15 is 0 Å². The fourth-order valence-electron chi connectivity index (χ4n) is 2.24. The highest BCUT2D eigenvalue weighted by molar-refractivity contribution is 5.84. The third-order valence-corrected chi connectivity index (χ3v) is 3.39. The summed E-state index contributed by atoms with van der Waals surface area (Å²) in [5.74, 6) is 0. The Labute approximate surface area is 110 Å². The van der Waals surface area contributed by atoms with Gasteiger partial charge in [0.2, 0.25) is 0 Å². The van der Waals surface area contributed by atoms with E-state index in [1.54, 1.807) is 0 Å². The Morgan fingerprint density at radius 2 is 1.56 bits per heavy atom. The third kappa shape index (κ3) is 2.40. The highest BCUT2D eigenvalue weighted by Crippen LogP contribution is 2.34. The van der Waals surface area contributed by atoms with E-state index in [0.29, 0.717) is 0 Å². The van der Waals surface area contributed by atoms with Gasteiger partial charge in [0.05, 0.1) is 5.52 Å². The molecule has 0 aliphatic heterocycles. The van der Waals surface area contributed by atoms with Crippen molar-refractivity contribution < 1.29 is 0 Å². The Balaban J connectivity index is 2.81. The molecule has 1 aromatic carbocycles. The molecule has 1 aromatic heterocycles. The molecule has 2 aromatic rings. The summed E-state index contributed by atoms with van der Waals surface area (Å²) in [6.45, 7) is 13.6. The van der Waals surface area contributed by atoms with Crippen LogP contribution in [0.2, 0.25) is 0 Å². The number of fused-ring (bicyclic) bond motifs is 1. The summed E-state index contributed by atoms with van der Waals surface area (Å²) >= 11 is 0. The van der Waals surface area contributed by atoms with Gasteiger partial charge in [0.15, 0.2) is 0 Å². The third-order valence-electron chi connectivity index (χ3n) is 3.39. The summed E-state index contributed by atoms with van der Waals surface area (Å²) in [6.07, 6.45) is 1.88. The molecule has 18 heavy (non-hydrogen) atoms. The maximum atomic E-state index is 4.53. The summed E-state index contributed by atoms with van der Waals surface area (Å²) < 4.78 is 0. The Hall–Kier alpha value is -1.37. The zero-order valence-electron chi connectivity index (χ0n) is 12.3. The molecule has 0 aliphatic rings. The van der Waals surface area contributed by atoms with E-state index < -0.39 is 0 Å². The first kappa shape index (κ1) is 13.1. The first-order chi connectivity index (χ1) is 8.19. The van der Waals surface area contributed by atoms with Crippen molar-refractivity contribution >= 4 is 10.9 Å². The molecule has 2 rings (SSSR count). The second-order valence-electron chi connectivity index (χ2n) is 7.09. The topological polar surface area (TPSA) is 12.9 Å². The average Bonchev–Trinajstić information content (AvgIpc) is 2.25. The Morgan fingerprint density at radius 3 is 2.11 bits per heavy atom. The van der Waals surface area contributed by atoms with Crippen LogP contribution in [0.1, 0.15) is 52.7 Å². The zero-order valence-corrected chi connectivity index (χ0v) is 12.3. The van der Waals surface area contributed by atoms with Crippen LogP contribution in [0, 0.1) is 0 Å². The number of rotatable bonds is 0.